The summed E-state index contributed by atoms with van der Waals surface area (Å²) in [4.78, 5) is 32.9. The third kappa shape index (κ3) is 1.64. The summed E-state index contributed by atoms with van der Waals surface area (Å²) in [5.41, 5.74) is 0. The zero-order valence-corrected chi connectivity index (χ0v) is 9.52. The van der Waals surface area contributed by atoms with E-state index < -0.39 is 0 Å². The third-order valence-electron chi connectivity index (χ3n) is 3.13. The molecule has 2 atom stereocenters. The van der Waals surface area contributed by atoms with Gasteiger partial charge in [-0.05, 0) is 0 Å². The fourth-order valence-electron chi connectivity index (χ4n) is 2.27. The minimum absolute atomic E-state index is 0.198. The van der Waals surface area contributed by atoms with Crippen molar-refractivity contribution in [3.63, 3.8) is 0 Å². The number of hydrogen-bond donors (Lipinski definition) is 1. The molecule has 2 saturated heterocycles. The van der Waals surface area contributed by atoms with Crippen LogP contribution in [-0.4, -0.2) is 34.9 Å². The van der Waals surface area contributed by atoms with E-state index in [1.165, 1.54) is 12.4 Å². The average Bonchev–Trinajstić information content (AvgIpc) is 2.83. The van der Waals surface area contributed by atoms with Crippen molar-refractivity contribution in [2.75, 3.05) is 18.0 Å². The number of rotatable bonds is 1. The molecule has 0 bridgehead atoms. The molecular formula is C10H9ClN4O2. The fraction of sp³-hybridized carbons (Fsp3) is 0.400. The third-order valence-corrected chi connectivity index (χ3v) is 3.32. The minimum atomic E-state index is -0.276. The maximum atomic E-state index is 11.5. The molecule has 7 heteroatoms. The van der Waals surface area contributed by atoms with Gasteiger partial charge in [-0.3, -0.25) is 14.9 Å². The van der Waals surface area contributed by atoms with Crippen molar-refractivity contribution in [3.05, 3.63) is 17.4 Å². The molecule has 0 aliphatic carbocycles. The van der Waals surface area contributed by atoms with Crippen molar-refractivity contribution in [1.29, 1.82) is 0 Å². The van der Waals surface area contributed by atoms with Crippen LogP contribution in [0, 0.1) is 11.8 Å². The van der Waals surface area contributed by atoms with E-state index in [2.05, 4.69) is 15.3 Å². The first-order valence-electron chi connectivity index (χ1n) is 5.22. The van der Waals surface area contributed by atoms with E-state index >= 15 is 0 Å². The van der Waals surface area contributed by atoms with Crippen molar-refractivity contribution >= 4 is 29.4 Å². The van der Waals surface area contributed by atoms with Crippen LogP contribution in [0.2, 0.25) is 5.02 Å². The number of carbonyl (C=O) groups is 2. The van der Waals surface area contributed by atoms with E-state index in [1.54, 1.807) is 0 Å². The molecule has 3 rings (SSSR count). The van der Waals surface area contributed by atoms with Crippen LogP contribution in [0.4, 0.5) is 5.95 Å². The molecule has 2 aliphatic rings. The van der Waals surface area contributed by atoms with Gasteiger partial charge in [0.05, 0.1) is 29.3 Å². The first kappa shape index (κ1) is 10.5. The van der Waals surface area contributed by atoms with Gasteiger partial charge >= 0.3 is 0 Å². The Hall–Kier alpha value is -1.69. The number of carbonyl (C=O) groups excluding carboxylic acids is 2. The lowest BCUT2D eigenvalue weighted by Crippen LogP contribution is -2.32. The molecule has 0 saturated carbocycles. The van der Waals surface area contributed by atoms with Crippen molar-refractivity contribution in [2.24, 2.45) is 11.8 Å². The lowest BCUT2D eigenvalue weighted by atomic mass is 10.00. The number of imide groups is 1. The molecule has 1 aromatic heterocycles. The van der Waals surface area contributed by atoms with Crippen molar-refractivity contribution in [2.45, 2.75) is 0 Å². The van der Waals surface area contributed by atoms with Gasteiger partial charge in [0.1, 0.15) is 0 Å². The molecule has 0 radical (unpaired) electrons. The van der Waals surface area contributed by atoms with Crippen LogP contribution in [0.1, 0.15) is 0 Å². The molecule has 0 aromatic carbocycles. The standard InChI is InChI=1S/C10H9ClN4O2/c11-5-1-12-10(13-2-5)15-3-6-7(4-15)9(17)14-8(6)16/h1-2,6-7H,3-4H2,(H,14,16,17). The van der Waals surface area contributed by atoms with Gasteiger partial charge in [-0.15, -0.1) is 0 Å². The van der Waals surface area contributed by atoms with Crippen LogP contribution in [0.5, 0.6) is 0 Å². The Morgan fingerprint density at radius 2 is 1.71 bits per heavy atom. The summed E-state index contributed by atoms with van der Waals surface area (Å²) in [7, 11) is 0. The average molecular weight is 253 g/mol. The van der Waals surface area contributed by atoms with Gasteiger partial charge in [0, 0.05) is 13.1 Å². The molecule has 2 amide bonds. The second-order valence-corrected chi connectivity index (χ2v) is 4.61. The highest BCUT2D eigenvalue weighted by atomic mass is 35.5. The van der Waals surface area contributed by atoms with Gasteiger partial charge in [-0.25, -0.2) is 9.97 Å². The van der Waals surface area contributed by atoms with Gasteiger partial charge in [-0.1, -0.05) is 11.6 Å². The monoisotopic (exact) mass is 252 g/mol. The molecule has 2 aliphatic heterocycles. The Kier molecular flexibility index (Phi) is 2.25. The van der Waals surface area contributed by atoms with Gasteiger partial charge in [0.15, 0.2) is 0 Å². The lowest BCUT2D eigenvalue weighted by Gasteiger charge is -2.16. The van der Waals surface area contributed by atoms with Crippen LogP contribution < -0.4 is 10.2 Å². The molecule has 17 heavy (non-hydrogen) atoms. The van der Waals surface area contributed by atoms with Gasteiger partial charge in [-0.2, -0.15) is 0 Å². The highest BCUT2D eigenvalue weighted by Gasteiger charge is 2.48. The Bertz CT molecular complexity index is 468. The quantitative estimate of drug-likeness (QED) is 0.703. The smallest absolute Gasteiger partial charge is 0.232 e. The Balaban J connectivity index is 1.83. The molecular weight excluding hydrogens is 244 g/mol. The second-order valence-electron chi connectivity index (χ2n) is 4.17. The van der Waals surface area contributed by atoms with Crippen LogP contribution in [-0.2, 0) is 9.59 Å². The van der Waals surface area contributed by atoms with Gasteiger partial charge in [0.2, 0.25) is 17.8 Å². The molecule has 2 fully saturated rings. The number of halogens is 1. The Morgan fingerprint density at radius 3 is 2.24 bits per heavy atom. The van der Waals surface area contributed by atoms with Gasteiger partial charge in [0.25, 0.3) is 0 Å². The number of amides is 2. The predicted molar refractivity (Wildman–Crippen MR) is 59.4 cm³/mol. The SMILES string of the molecule is O=C1NC(=O)C2CN(c3ncc(Cl)cn3)CC12. The van der Waals surface area contributed by atoms with Crippen LogP contribution in [0.3, 0.4) is 0 Å². The lowest BCUT2D eigenvalue weighted by molar-refractivity contribution is -0.126. The van der Waals surface area contributed by atoms with E-state index in [-0.39, 0.29) is 23.7 Å². The second kappa shape index (κ2) is 3.66. The van der Waals surface area contributed by atoms with Crippen molar-refractivity contribution in [1.82, 2.24) is 15.3 Å². The van der Waals surface area contributed by atoms with Crippen LogP contribution >= 0.6 is 11.6 Å². The number of nitrogens with zero attached hydrogens (tertiary/aromatic N) is 3. The number of hydrogen-bond acceptors (Lipinski definition) is 5. The van der Waals surface area contributed by atoms with E-state index in [0.717, 1.165) is 0 Å². The zero-order chi connectivity index (χ0) is 12.0. The van der Waals surface area contributed by atoms with E-state index in [4.69, 9.17) is 11.6 Å². The van der Waals surface area contributed by atoms with E-state index in [0.29, 0.717) is 24.1 Å². The first-order valence-corrected chi connectivity index (χ1v) is 5.60. The molecule has 88 valence electrons. The zero-order valence-electron chi connectivity index (χ0n) is 8.76. The summed E-state index contributed by atoms with van der Waals surface area (Å²) >= 11 is 5.70. The fourth-order valence-corrected chi connectivity index (χ4v) is 2.37. The predicted octanol–water partition coefficient (Wildman–Crippen LogP) is -0.161. The van der Waals surface area contributed by atoms with Crippen LogP contribution in [0.25, 0.3) is 0 Å². The number of anilines is 1. The summed E-state index contributed by atoms with van der Waals surface area (Å²) in [6.45, 7) is 0.952. The first-order chi connectivity index (χ1) is 8.15. The molecule has 6 nitrogen and oxygen atoms in total. The highest BCUT2D eigenvalue weighted by Crippen LogP contribution is 2.30. The van der Waals surface area contributed by atoms with Crippen LogP contribution in [0.15, 0.2) is 12.4 Å². The van der Waals surface area contributed by atoms with Crippen molar-refractivity contribution < 1.29 is 9.59 Å². The molecule has 2 unspecified atom stereocenters. The maximum Gasteiger partial charge on any atom is 0.232 e. The largest absolute Gasteiger partial charge is 0.339 e. The van der Waals surface area contributed by atoms with Gasteiger partial charge < -0.3 is 4.90 Å². The summed E-state index contributed by atoms with van der Waals surface area (Å²) < 4.78 is 0. The van der Waals surface area contributed by atoms with E-state index in [9.17, 15) is 9.59 Å². The summed E-state index contributed by atoms with van der Waals surface area (Å²) in [6, 6.07) is 0. The number of nitrogens with one attached hydrogen (secondary N) is 1. The maximum absolute atomic E-state index is 11.5. The normalized spacial score (nSPS) is 27.2. The summed E-state index contributed by atoms with van der Waals surface area (Å²) in [5, 5.41) is 2.79. The molecule has 1 aromatic rings. The summed E-state index contributed by atoms with van der Waals surface area (Å²) in [6.07, 6.45) is 3.00. The topological polar surface area (TPSA) is 75.2 Å². The molecule has 3 heterocycles. The minimum Gasteiger partial charge on any atom is -0.339 e. The van der Waals surface area contributed by atoms with E-state index in [1.807, 2.05) is 4.90 Å². The van der Waals surface area contributed by atoms with Crippen molar-refractivity contribution in [3.8, 4) is 0 Å². The number of aromatic nitrogens is 2. The highest BCUT2D eigenvalue weighted by molar-refractivity contribution is 6.30. The molecule has 0 spiro atoms. The molecule has 1 N–H and O–H groups in total. The Morgan fingerprint density at radius 1 is 1.18 bits per heavy atom. The number of fused-ring (bicyclic) bond motifs is 1. The summed E-state index contributed by atoms with van der Waals surface area (Å²) in [5.74, 6) is -0.444. The Labute approximate surface area is 102 Å².